The number of pyridine rings is 1. The number of amides is 1. The Kier molecular flexibility index (Phi) is 6.50. The van der Waals surface area contributed by atoms with E-state index in [1.807, 2.05) is 20.2 Å². The number of anilines is 1. The van der Waals surface area contributed by atoms with E-state index in [2.05, 4.69) is 20.5 Å². The van der Waals surface area contributed by atoms with Crippen molar-refractivity contribution in [2.75, 3.05) is 32.5 Å². The minimum Gasteiger partial charge on any atom is -0.444 e. The van der Waals surface area contributed by atoms with Gasteiger partial charge in [0.25, 0.3) is 0 Å². The highest BCUT2D eigenvalue weighted by molar-refractivity contribution is 5.98. The minimum absolute atomic E-state index is 0.296. The van der Waals surface area contributed by atoms with E-state index in [0.717, 1.165) is 18.8 Å². The van der Waals surface area contributed by atoms with Gasteiger partial charge in [0, 0.05) is 25.0 Å². The van der Waals surface area contributed by atoms with Gasteiger partial charge in [-0.2, -0.15) is 0 Å². The number of carbonyl (C=O) groups excluding carboxylic acids is 1. The second-order valence-corrected chi connectivity index (χ2v) is 7.43. The van der Waals surface area contributed by atoms with Gasteiger partial charge in [-0.1, -0.05) is 6.07 Å². The monoisotopic (exact) mass is 362 g/mol. The Bertz CT molecular complexity index is 772. The average molecular weight is 362 g/mol. The maximum absolute atomic E-state index is 13.9. The first-order valence-electron chi connectivity index (χ1n) is 8.59. The van der Waals surface area contributed by atoms with E-state index in [9.17, 15) is 9.18 Å². The van der Waals surface area contributed by atoms with Crippen LogP contribution in [0.3, 0.4) is 0 Å². The summed E-state index contributed by atoms with van der Waals surface area (Å²) < 4.78 is 19.1. The summed E-state index contributed by atoms with van der Waals surface area (Å²) in [6.45, 7) is 7.65. The van der Waals surface area contributed by atoms with Crippen LogP contribution in [0.25, 0.3) is 10.9 Å². The molecular weight excluding hydrogens is 335 g/mol. The van der Waals surface area contributed by atoms with E-state index >= 15 is 0 Å². The zero-order valence-corrected chi connectivity index (χ0v) is 16.0. The molecule has 0 spiro atoms. The standard InChI is InChI=1S/C19H27FN4O2/c1-19(2,3)26-18(25)23-16-11-14(20)10-13-6-7-15(22-17(13)16)12-21-8-9-24(4)5/h6-7,10-11,21H,8-9,12H2,1-5H3,(H,23,25). The molecule has 0 aliphatic carbocycles. The molecule has 7 heteroatoms. The van der Waals surface area contributed by atoms with Crippen molar-refractivity contribution in [1.82, 2.24) is 15.2 Å². The lowest BCUT2D eigenvalue weighted by atomic mass is 10.1. The molecule has 0 unspecified atom stereocenters. The Labute approximate surface area is 153 Å². The van der Waals surface area contributed by atoms with E-state index in [1.54, 1.807) is 26.8 Å². The van der Waals surface area contributed by atoms with Gasteiger partial charge in [-0.05, 0) is 53.1 Å². The number of likely N-dealkylation sites (N-methyl/N-ethyl adjacent to an activating group) is 1. The van der Waals surface area contributed by atoms with E-state index < -0.39 is 17.5 Å². The molecule has 1 amide bonds. The highest BCUT2D eigenvalue weighted by Crippen LogP contribution is 2.24. The molecule has 0 bridgehead atoms. The van der Waals surface area contributed by atoms with Crippen molar-refractivity contribution in [2.45, 2.75) is 32.9 Å². The van der Waals surface area contributed by atoms with Crippen LogP contribution in [0.15, 0.2) is 24.3 Å². The number of fused-ring (bicyclic) bond motifs is 1. The number of carbonyl (C=O) groups is 1. The van der Waals surface area contributed by atoms with Gasteiger partial charge in [0.2, 0.25) is 0 Å². The number of aromatic nitrogens is 1. The van der Waals surface area contributed by atoms with Crippen molar-refractivity contribution in [3.05, 3.63) is 35.8 Å². The van der Waals surface area contributed by atoms with E-state index in [-0.39, 0.29) is 0 Å². The number of halogens is 1. The smallest absolute Gasteiger partial charge is 0.412 e. The SMILES string of the molecule is CN(C)CCNCc1ccc2cc(F)cc(NC(=O)OC(C)(C)C)c2n1. The molecule has 0 saturated carbocycles. The Hall–Kier alpha value is -2.25. The van der Waals surface area contributed by atoms with Crippen molar-refractivity contribution in [2.24, 2.45) is 0 Å². The van der Waals surface area contributed by atoms with Crippen molar-refractivity contribution >= 4 is 22.7 Å². The van der Waals surface area contributed by atoms with E-state index in [1.165, 1.54) is 12.1 Å². The fourth-order valence-corrected chi connectivity index (χ4v) is 2.37. The summed E-state index contributed by atoms with van der Waals surface area (Å²) in [4.78, 5) is 18.7. The van der Waals surface area contributed by atoms with Crippen molar-refractivity contribution in [3.63, 3.8) is 0 Å². The molecule has 26 heavy (non-hydrogen) atoms. The predicted octanol–water partition coefficient (Wildman–Crippen LogP) is 3.37. The van der Waals surface area contributed by atoms with Crippen LogP contribution in [0.1, 0.15) is 26.5 Å². The van der Waals surface area contributed by atoms with E-state index in [0.29, 0.717) is 23.1 Å². The number of hydrogen-bond acceptors (Lipinski definition) is 5. The summed E-state index contributed by atoms with van der Waals surface area (Å²) in [6, 6.07) is 6.30. The first-order valence-corrected chi connectivity index (χ1v) is 8.59. The summed E-state index contributed by atoms with van der Waals surface area (Å²) in [5.74, 6) is -0.442. The Morgan fingerprint density at radius 1 is 1.27 bits per heavy atom. The molecule has 2 N–H and O–H groups in total. The highest BCUT2D eigenvalue weighted by atomic mass is 19.1. The van der Waals surface area contributed by atoms with Crippen LogP contribution in [-0.4, -0.2) is 48.8 Å². The van der Waals surface area contributed by atoms with Gasteiger partial charge >= 0.3 is 6.09 Å². The predicted molar refractivity (Wildman–Crippen MR) is 102 cm³/mol. The third-order valence-corrected chi connectivity index (χ3v) is 3.49. The number of nitrogens with one attached hydrogen (secondary N) is 2. The molecule has 0 saturated heterocycles. The maximum atomic E-state index is 13.9. The van der Waals surface area contributed by atoms with Crippen LogP contribution < -0.4 is 10.6 Å². The third kappa shape index (κ3) is 6.24. The molecule has 0 radical (unpaired) electrons. The van der Waals surface area contributed by atoms with Crippen LogP contribution in [0, 0.1) is 5.82 Å². The van der Waals surface area contributed by atoms with Gasteiger partial charge in [0.15, 0.2) is 0 Å². The topological polar surface area (TPSA) is 66.5 Å². The van der Waals surface area contributed by atoms with Gasteiger partial charge in [0.1, 0.15) is 11.4 Å². The van der Waals surface area contributed by atoms with Crippen molar-refractivity contribution in [1.29, 1.82) is 0 Å². The van der Waals surface area contributed by atoms with Crippen LogP contribution in [0.5, 0.6) is 0 Å². The number of ether oxygens (including phenoxy) is 1. The summed E-state index contributed by atoms with van der Waals surface area (Å²) in [7, 11) is 4.03. The quantitative estimate of drug-likeness (QED) is 0.771. The molecule has 2 aromatic rings. The molecule has 1 aromatic heterocycles. The molecule has 0 atom stereocenters. The summed E-state index contributed by atoms with van der Waals surface area (Å²) in [5, 5.41) is 6.53. The maximum Gasteiger partial charge on any atom is 0.412 e. The van der Waals surface area contributed by atoms with E-state index in [4.69, 9.17) is 4.74 Å². The van der Waals surface area contributed by atoms with Crippen LogP contribution >= 0.6 is 0 Å². The molecule has 6 nitrogen and oxygen atoms in total. The summed E-state index contributed by atoms with van der Waals surface area (Å²) >= 11 is 0. The Morgan fingerprint density at radius 2 is 2.00 bits per heavy atom. The van der Waals surface area contributed by atoms with Crippen LogP contribution in [0.4, 0.5) is 14.9 Å². The number of hydrogen-bond donors (Lipinski definition) is 2. The van der Waals surface area contributed by atoms with Crippen LogP contribution in [0.2, 0.25) is 0 Å². The lowest BCUT2D eigenvalue weighted by Crippen LogP contribution is -2.27. The highest BCUT2D eigenvalue weighted by Gasteiger charge is 2.18. The average Bonchev–Trinajstić information content (AvgIpc) is 2.49. The second-order valence-electron chi connectivity index (χ2n) is 7.43. The number of nitrogens with zero attached hydrogens (tertiary/aromatic N) is 2. The van der Waals surface area contributed by atoms with Crippen molar-refractivity contribution in [3.8, 4) is 0 Å². The third-order valence-electron chi connectivity index (χ3n) is 3.49. The van der Waals surface area contributed by atoms with Gasteiger partial charge in [-0.15, -0.1) is 0 Å². The first-order chi connectivity index (χ1) is 12.1. The molecule has 0 fully saturated rings. The van der Waals surface area contributed by atoms with Crippen LogP contribution in [-0.2, 0) is 11.3 Å². The second kappa shape index (κ2) is 8.42. The molecule has 0 aliphatic rings. The largest absolute Gasteiger partial charge is 0.444 e. The molecule has 2 rings (SSSR count). The first kappa shape index (κ1) is 20.1. The molecular formula is C19H27FN4O2. The zero-order valence-electron chi connectivity index (χ0n) is 16.0. The molecule has 1 heterocycles. The summed E-state index contributed by atoms with van der Waals surface area (Å²) in [5.41, 5.74) is 1.01. The molecule has 142 valence electrons. The van der Waals surface area contributed by atoms with Gasteiger partial charge < -0.3 is 15.0 Å². The summed E-state index contributed by atoms with van der Waals surface area (Å²) in [6.07, 6.45) is -0.638. The van der Waals surface area contributed by atoms with Gasteiger partial charge in [0.05, 0.1) is 16.9 Å². The van der Waals surface area contributed by atoms with Crippen molar-refractivity contribution < 1.29 is 13.9 Å². The normalized spacial score (nSPS) is 11.8. The number of rotatable bonds is 6. The zero-order chi connectivity index (χ0) is 19.3. The molecule has 1 aromatic carbocycles. The Balaban J connectivity index is 2.19. The molecule has 0 aliphatic heterocycles. The fraction of sp³-hybridized carbons (Fsp3) is 0.474. The Morgan fingerprint density at radius 3 is 2.65 bits per heavy atom. The lowest BCUT2D eigenvalue weighted by molar-refractivity contribution is 0.0636. The van der Waals surface area contributed by atoms with Gasteiger partial charge in [-0.3, -0.25) is 5.32 Å². The van der Waals surface area contributed by atoms with Gasteiger partial charge in [-0.25, -0.2) is 14.2 Å². The number of benzene rings is 1. The minimum atomic E-state index is -0.638. The lowest BCUT2D eigenvalue weighted by Gasteiger charge is -2.20. The fourth-order valence-electron chi connectivity index (χ4n) is 2.37.